The smallest absolute Gasteiger partial charge is 0.295 e. The highest BCUT2D eigenvalue weighted by molar-refractivity contribution is 6.46. The van der Waals surface area contributed by atoms with Crippen molar-refractivity contribution < 1.29 is 19.6 Å². The number of fused-ring (bicyclic) bond motifs is 1. The van der Waals surface area contributed by atoms with Crippen LogP contribution in [-0.4, -0.2) is 63.3 Å². The lowest BCUT2D eigenvalue weighted by atomic mass is 9.97. The Morgan fingerprint density at radius 2 is 1.87 bits per heavy atom. The van der Waals surface area contributed by atoms with Crippen molar-refractivity contribution in [3.8, 4) is 0 Å². The molecule has 1 aliphatic heterocycles. The van der Waals surface area contributed by atoms with Gasteiger partial charge in [0.1, 0.15) is 11.3 Å². The van der Waals surface area contributed by atoms with E-state index in [1.165, 1.54) is 0 Å². The normalized spacial score (nSPS) is 18.5. The van der Waals surface area contributed by atoms with Gasteiger partial charge in [-0.25, -0.2) is 4.98 Å². The SMILES string of the molecule is Cc1nc2c(C)cccn2c1/C(O)=C1\C(=O)C(=O)N(CC[NH+](C)C)[C@@H]1c1ccncc1. The lowest BCUT2D eigenvalue weighted by Gasteiger charge is -2.25. The molecule has 1 amide bonds. The van der Waals surface area contributed by atoms with E-state index in [1.54, 1.807) is 46.9 Å². The molecule has 0 aromatic carbocycles. The van der Waals surface area contributed by atoms with Gasteiger partial charge in [0.25, 0.3) is 11.7 Å². The van der Waals surface area contributed by atoms with Crippen LogP contribution in [0.1, 0.15) is 28.6 Å². The van der Waals surface area contributed by atoms with Crippen LogP contribution >= 0.6 is 0 Å². The third-order valence-corrected chi connectivity index (χ3v) is 5.66. The Balaban J connectivity index is 1.94. The highest BCUT2D eigenvalue weighted by Gasteiger charge is 2.46. The maximum absolute atomic E-state index is 13.1. The number of quaternary nitrogens is 1. The minimum atomic E-state index is -0.685. The molecule has 1 aliphatic rings. The molecule has 4 heterocycles. The lowest BCUT2D eigenvalue weighted by Crippen LogP contribution is -3.06. The van der Waals surface area contributed by atoms with E-state index in [2.05, 4.69) is 9.97 Å². The minimum absolute atomic E-state index is 0.0800. The number of aromatic nitrogens is 3. The Labute approximate surface area is 180 Å². The number of Topliss-reactive ketones (excluding diaryl/α,β-unsaturated/α-hetero) is 1. The molecule has 0 unspecified atom stereocenters. The van der Waals surface area contributed by atoms with Crippen molar-refractivity contribution in [2.75, 3.05) is 27.2 Å². The number of imidazole rings is 1. The van der Waals surface area contributed by atoms with Crippen molar-refractivity contribution in [2.24, 2.45) is 0 Å². The van der Waals surface area contributed by atoms with Gasteiger partial charge in [-0.3, -0.25) is 19.0 Å². The monoisotopic (exact) mass is 420 g/mol. The van der Waals surface area contributed by atoms with Crippen LogP contribution < -0.4 is 4.90 Å². The van der Waals surface area contributed by atoms with Crippen molar-refractivity contribution in [2.45, 2.75) is 19.9 Å². The molecule has 0 aliphatic carbocycles. The summed E-state index contributed by atoms with van der Waals surface area (Å²) >= 11 is 0. The van der Waals surface area contributed by atoms with Gasteiger partial charge in [-0.05, 0) is 43.2 Å². The maximum Gasteiger partial charge on any atom is 0.295 e. The number of aliphatic hydroxyl groups is 1. The van der Waals surface area contributed by atoms with Gasteiger partial charge in [0.15, 0.2) is 5.76 Å². The number of carbonyl (C=O) groups excluding carboxylic acids is 2. The molecule has 1 atom stereocenters. The zero-order chi connectivity index (χ0) is 22.3. The zero-order valence-electron chi connectivity index (χ0n) is 18.1. The van der Waals surface area contributed by atoms with Gasteiger partial charge in [-0.15, -0.1) is 0 Å². The number of likely N-dealkylation sites (tertiary alicyclic amines) is 1. The van der Waals surface area contributed by atoms with Crippen LogP contribution in [-0.2, 0) is 9.59 Å². The first-order valence-electron chi connectivity index (χ1n) is 10.2. The van der Waals surface area contributed by atoms with E-state index in [-0.39, 0.29) is 11.3 Å². The van der Waals surface area contributed by atoms with E-state index >= 15 is 0 Å². The number of hydrogen-bond donors (Lipinski definition) is 2. The average molecular weight is 420 g/mol. The molecular weight excluding hydrogens is 394 g/mol. The molecule has 8 nitrogen and oxygen atoms in total. The number of aliphatic hydroxyl groups excluding tert-OH is 1. The fraction of sp³-hybridized carbons (Fsp3) is 0.304. The number of nitrogens with zero attached hydrogens (tertiary/aromatic N) is 4. The van der Waals surface area contributed by atoms with Crippen molar-refractivity contribution in [1.29, 1.82) is 0 Å². The van der Waals surface area contributed by atoms with Crippen LogP contribution in [0.15, 0.2) is 48.4 Å². The molecule has 0 bridgehead atoms. The molecule has 0 spiro atoms. The number of hydrogen-bond acceptors (Lipinski definition) is 5. The number of amides is 1. The third kappa shape index (κ3) is 3.48. The molecule has 0 radical (unpaired) electrons. The second-order valence-electron chi connectivity index (χ2n) is 8.16. The molecule has 1 saturated heterocycles. The molecule has 1 fully saturated rings. The maximum atomic E-state index is 13.1. The second-order valence-corrected chi connectivity index (χ2v) is 8.16. The van der Waals surface area contributed by atoms with Crippen LogP contribution in [0.25, 0.3) is 11.4 Å². The standard InChI is InChI=1S/C23H25N5O3/c1-14-6-5-11-27-18(15(2)25-22(14)27)20(29)17-19(16-7-9-24-10-8-16)28(13-12-26(3)4)23(31)21(17)30/h5-11,19,29H,12-13H2,1-4H3/p+1/b20-17+/t19-/m1/s1. The van der Waals surface area contributed by atoms with Crippen molar-refractivity contribution in [3.05, 3.63) is 70.9 Å². The number of pyridine rings is 2. The fourth-order valence-corrected chi connectivity index (χ4v) is 4.08. The van der Waals surface area contributed by atoms with Crippen LogP contribution in [0, 0.1) is 13.8 Å². The summed E-state index contributed by atoms with van der Waals surface area (Å²) in [5.41, 5.74) is 3.47. The van der Waals surface area contributed by atoms with Gasteiger partial charge in [0.2, 0.25) is 0 Å². The van der Waals surface area contributed by atoms with Gasteiger partial charge in [-0.1, -0.05) is 6.07 Å². The summed E-state index contributed by atoms with van der Waals surface area (Å²) < 4.78 is 1.76. The average Bonchev–Trinajstić information content (AvgIpc) is 3.21. The molecule has 8 heteroatoms. The Hall–Kier alpha value is -3.52. The van der Waals surface area contributed by atoms with Gasteiger partial charge in [0, 0.05) is 18.6 Å². The summed E-state index contributed by atoms with van der Waals surface area (Å²) in [4.78, 5) is 37.4. The van der Waals surface area contributed by atoms with Crippen LogP contribution in [0.2, 0.25) is 0 Å². The predicted molar refractivity (Wildman–Crippen MR) is 116 cm³/mol. The fourth-order valence-electron chi connectivity index (χ4n) is 4.08. The molecule has 3 aromatic rings. The number of ketones is 1. The number of aryl methyl sites for hydroxylation is 2. The summed E-state index contributed by atoms with van der Waals surface area (Å²) in [5, 5.41) is 11.4. The first-order chi connectivity index (χ1) is 14.8. The summed E-state index contributed by atoms with van der Waals surface area (Å²) in [6, 6.07) is 6.65. The molecule has 0 saturated carbocycles. The van der Waals surface area contributed by atoms with Crippen molar-refractivity contribution >= 4 is 23.1 Å². The molecule has 4 rings (SSSR count). The highest BCUT2D eigenvalue weighted by Crippen LogP contribution is 2.39. The quantitative estimate of drug-likeness (QED) is 0.364. The van der Waals surface area contributed by atoms with Crippen LogP contribution in [0.3, 0.4) is 0 Å². The molecule has 3 aromatic heterocycles. The van der Waals surface area contributed by atoms with Crippen LogP contribution in [0.4, 0.5) is 0 Å². The third-order valence-electron chi connectivity index (χ3n) is 5.66. The summed E-state index contributed by atoms with van der Waals surface area (Å²) in [7, 11) is 3.98. The summed E-state index contributed by atoms with van der Waals surface area (Å²) in [6.07, 6.45) is 5.04. The minimum Gasteiger partial charge on any atom is -0.505 e. The number of nitrogens with one attached hydrogen (secondary N) is 1. The number of carbonyl (C=O) groups is 2. The van der Waals surface area contributed by atoms with Gasteiger partial charge in [-0.2, -0.15) is 0 Å². The molecule has 31 heavy (non-hydrogen) atoms. The van der Waals surface area contributed by atoms with Crippen molar-refractivity contribution in [3.63, 3.8) is 0 Å². The predicted octanol–water partition coefficient (Wildman–Crippen LogP) is 0.912. The summed E-state index contributed by atoms with van der Waals surface area (Å²) in [5.74, 6) is -1.50. The molecule has 2 N–H and O–H groups in total. The Kier molecular flexibility index (Phi) is 5.32. The molecule has 160 valence electrons. The van der Waals surface area contributed by atoms with E-state index in [9.17, 15) is 14.7 Å². The Bertz CT molecular complexity index is 1200. The van der Waals surface area contributed by atoms with E-state index in [0.717, 1.165) is 16.0 Å². The molecular formula is C23H26N5O3+. The van der Waals surface area contributed by atoms with E-state index in [1.807, 2.05) is 33.2 Å². The van der Waals surface area contributed by atoms with Gasteiger partial charge < -0.3 is 14.9 Å². The van der Waals surface area contributed by atoms with Crippen LogP contribution in [0.5, 0.6) is 0 Å². The highest BCUT2D eigenvalue weighted by atomic mass is 16.3. The topological polar surface area (TPSA) is 92.2 Å². The van der Waals surface area contributed by atoms with E-state index in [0.29, 0.717) is 30.1 Å². The second kappa shape index (κ2) is 7.96. The zero-order valence-corrected chi connectivity index (χ0v) is 18.1. The van der Waals surface area contributed by atoms with Gasteiger partial charge >= 0.3 is 0 Å². The number of likely N-dealkylation sites (N-methyl/N-ethyl adjacent to an activating group) is 1. The summed E-state index contributed by atoms with van der Waals surface area (Å²) in [6.45, 7) is 4.78. The lowest BCUT2D eigenvalue weighted by molar-refractivity contribution is -0.857. The Morgan fingerprint density at radius 3 is 2.55 bits per heavy atom. The van der Waals surface area contributed by atoms with E-state index in [4.69, 9.17) is 0 Å². The largest absolute Gasteiger partial charge is 0.505 e. The Morgan fingerprint density at radius 1 is 1.16 bits per heavy atom. The van der Waals surface area contributed by atoms with Crippen molar-refractivity contribution in [1.82, 2.24) is 19.3 Å². The number of rotatable bonds is 5. The van der Waals surface area contributed by atoms with Gasteiger partial charge in [0.05, 0.1) is 44.5 Å². The first kappa shape index (κ1) is 20.7. The first-order valence-corrected chi connectivity index (χ1v) is 10.2. The van der Waals surface area contributed by atoms with E-state index < -0.39 is 17.7 Å².